The van der Waals surface area contributed by atoms with E-state index in [-0.39, 0.29) is 35.7 Å². The monoisotopic (exact) mass is 385 g/mol. The van der Waals surface area contributed by atoms with Crippen LogP contribution >= 0.6 is 0 Å². The van der Waals surface area contributed by atoms with Gasteiger partial charge in [-0.1, -0.05) is 6.07 Å². The molecule has 0 aromatic heterocycles. The Morgan fingerprint density at radius 2 is 1.79 bits per heavy atom. The average molecular weight is 386 g/mol. The normalized spacial score (nSPS) is 20.8. The number of hydrogen-bond acceptors (Lipinski definition) is 3. The summed E-state index contributed by atoms with van der Waals surface area (Å²) < 4.78 is 0. The minimum atomic E-state index is -0.259. The molecule has 1 aromatic rings. The highest BCUT2D eigenvalue weighted by Gasteiger charge is 2.36. The van der Waals surface area contributed by atoms with Gasteiger partial charge >= 0.3 is 0 Å². The van der Waals surface area contributed by atoms with Crippen molar-refractivity contribution in [1.29, 1.82) is 0 Å². The van der Waals surface area contributed by atoms with Crippen molar-refractivity contribution in [2.75, 3.05) is 19.6 Å². The van der Waals surface area contributed by atoms with Crippen LogP contribution in [0.3, 0.4) is 0 Å². The van der Waals surface area contributed by atoms with Gasteiger partial charge in [-0.25, -0.2) is 0 Å². The molecule has 6 heteroatoms. The fourth-order valence-electron chi connectivity index (χ4n) is 4.01. The first-order chi connectivity index (χ1) is 13.3. The molecule has 1 atom stereocenters. The van der Waals surface area contributed by atoms with E-state index in [2.05, 4.69) is 5.32 Å². The standard InChI is InChI=1S/C22H31N3O3/c1-14(2)25-13-18(12-20(25)26)21(27)23-19-7-9-24(10-8-19)22(28)17-6-5-15(3)16(4)11-17/h5-6,11,14,18-19H,7-10,12-13H2,1-4H3,(H,23,27). The molecule has 0 radical (unpaired) electrons. The fourth-order valence-corrected chi connectivity index (χ4v) is 4.01. The third-order valence-electron chi connectivity index (χ3n) is 6.03. The molecule has 0 saturated carbocycles. The number of aryl methyl sites for hydroxylation is 2. The van der Waals surface area contributed by atoms with E-state index < -0.39 is 0 Å². The molecule has 2 aliphatic rings. The lowest BCUT2D eigenvalue weighted by atomic mass is 10.0. The summed E-state index contributed by atoms with van der Waals surface area (Å²) in [6.45, 7) is 9.78. The van der Waals surface area contributed by atoms with E-state index in [0.29, 0.717) is 26.1 Å². The summed E-state index contributed by atoms with van der Waals surface area (Å²) in [6, 6.07) is 6.02. The highest BCUT2D eigenvalue weighted by molar-refractivity contribution is 5.94. The first kappa shape index (κ1) is 20.4. The quantitative estimate of drug-likeness (QED) is 0.864. The number of benzene rings is 1. The number of nitrogens with zero attached hydrogens (tertiary/aromatic N) is 2. The highest BCUT2D eigenvalue weighted by Crippen LogP contribution is 2.22. The van der Waals surface area contributed by atoms with Gasteiger partial charge in [0.1, 0.15) is 0 Å². The van der Waals surface area contributed by atoms with Gasteiger partial charge < -0.3 is 15.1 Å². The number of amides is 3. The lowest BCUT2D eigenvalue weighted by Crippen LogP contribution is -2.48. The van der Waals surface area contributed by atoms with Gasteiger partial charge in [0.15, 0.2) is 0 Å². The number of piperidine rings is 1. The van der Waals surface area contributed by atoms with Gasteiger partial charge in [0.2, 0.25) is 11.8 Å². The van der Waals surface area contributed by atoms with Crippen LogP contribution in [0.15, 0.2) is 18.2 Å². The van der Waals surface area contributed by atoms with Crippen molar-refractivity contribution in [1.82, 2.24) is 15.1 Å². The molecular formula is C22H31N3O3. The number of carbonyl (C=O) groups is 3. The molecule has 28 heavy (non-hydrogen) atoms. The number of likely N-dealkylation sites (tertiary alicyclic amines) is 2. The van der Waals surface area contributed by atoms with Crippen LogP contribution in [0.1, 0.15) is 54.6 Å². The third kappa shape index (κ3) is 4.37. The Morgan fingerprint density at radius 3 is 2.36 bits per heavy atom. The van der Waals surface area contributed by atoms with E-state index in [1.165, 1.54) is 5.56 Å². The first-order valence-corrected chi connectivity index (χ1v) is 10.2. The summed E-state index contributed by atoms with van der Waals surface area (Å²) in [6.07, 6.45) is 1.79. The predicted octanol–water partition coefficient (Wildman–Crippen LogP) is 2.28. The Morgan fingerprint density at radius 1 is 1.11 bits per heavy atom. The van der Waals surface area contributed by atoms with Crippen molar-refractivity contribution in [3.05, 3.63) is 34.9 Å². The van der Waals surface area contributed by atoms with E-state index in [9.17, 15) is 14.4 Å². The molecule has 0 aliphatic carbocycles. The fraction of sp³-hybridized carbons (Fsp3) is 0.591. The summed E-state index contributed by atoms with van der Waals surface area (Å²) in [7, 11) is 0. The van der Waals surface area contributed by atoms with Crippen molar-refractivity contribution in [3.63, 3.8) is 0 Å². The van der Waals surface area contributed by atoms with Gasteiger partial charge in [-0.15, -0.1) is 0 Å². The number of nitrogens with one attached hydrogen (secondary N) is 1. The average Bonchev–Trinajstić information content (AvgIpc) is 3.06. The zero-order valence-corrected chi connectivity index (χ0v) is 17.3. The Kier molecular flexibility index (Phi) is 6.06. The van der Waals surface area contributed by atoms with Crippen LogP contribution in [0.5, 0.6) is 0 Å². The molecule has 2 aliphatic heterocycles. The third-order valence-corrected chi connectivity index (χ3v) is 6.03. The van der Waals surface area contributed by atoms with Crippen LogP contribution in [0.25, 0.3) is 0 Å². The van der Waals surface area contributed by atoms with E-state index >= 15 is 0 Å². The van der Waals surface area contributed by atoms with E-state index in [0.717, 1.165) is 24.0 Å². The maximum Gasteiger partial charge on any atom is 0.253 e. The van der Waals surface area contributed by atoms with Gasteiger partial charge in [0.25, 0.3) is 5.91 Å². The van der Waals surface area contributed by atoms with Gasteiger partial charge in [-0.3, -0.25) is 14.4 Å². The topological polar surface area (TPSA) is 69.7 Å². The second-order valence-corrected chi connectivity index (χ2v) is 8.41. The molecule has 1 unspecified atom stereocenters. The summed E-state index contributed by atoms with van der Waals surface area (Å²) >= 11 is 0. The van der Waals surface area contributed by atoms with Crippen molar-refractivity contribution >= 4 is 17.7 Å². The van der Waals surface area contributed by atoms with Gasteiger partial charge in [-0.05, 0) is 63.8 Å². The zero-order chi connectivity index (χ0) is 20.4. The van der Waals surface area contributed by atoms with Crippen LogP contribution in [0, 0.1) is 19.8 Å². The first-order valence-electron chi connectivity index (χ1n) is 10.2. The van der Waals surface area contributed by atoms with Crippen molar-refractivity contribution < 1.29 is 14.4 Å². The van der Waals surface area contributed by atoms with Gasteiger partial charge in [-0.2, -0.15) is 0 Å². The Labute approximate surface area is 167 Å². The van der Waals surface area contributed by atoms with E-state index in [1.54, 1.807) is 4.90 Å². The highest BCUT2D eigenvalue weighted by atomic mass is 16.2. The summed E-state index contributed by atoms with van der Waals surface area (Å²) in [5, 5.41) is 3.10. The molecule has 3 rings (SSSR count). The Bertz CT molecular complexity index is 766. The molecule has 0 bridgehead atoms. The van der Waals surface area contributed by atoms with Crippen molar-refractivity contribution in [2.45, 2.75) is 59.0 Å². The van der Waals surface area contributed by atoms with Crippen LogP contribution in [0.2, 0.25) is 0 Å². The molecule has 3 amide bonds. The number of rotatable bonds is 4. The molecule has 0 spiro atoms. The molecule has 2 fully saturated rings. The minimum absolute atomic E-state index is 0.0320. The lowest BCUT2D eigenvalue weighted by molar-refractivity contribution is -0.130. The minimum Gasteiger partial charge on any atom is -0.353 e. The summed E-state index contributed by atoms with van der Waals surface area (Å²) in [5.74, 6) is -0.175. The predicted molar refractivity (Wildman–Crippen MR) is 108 cm³/mol. The molecule has 2 heterocycles. The number of carbonyl (C=O) groups excluding carboxylic acids is 3. The van der Waals surface area contributed by atoms with Gasteiger partial charge in [0.05, 0.1) is 5.92 Å². The molecule has 152 valence electrons. The second-order valence-electron chi connectivity index (χ2n) is 8.41. The smallest absolute Gasteiger partial charge is 0.253 e. The SMILES string of the molecule is Cc1ccc(C(=O)N2CCC(NC(=O)C3CC(=O)N(C(C)C)C3)CC2)cc1C. The molecule has 1 aromatic carbocycles. The molecule has 2 saturated heterocycles. The molecule has 6 nitrogen and oxygen atoms in total. The van der Waals surface area contributed by atoms with Crippen LogP contribution in [0.4, 0.5) is 0 Å². The Balaban J connectivity index is 1.50. The van der Waals surface area contributed by atoms with Crippen LogP contribution in [-0.4, -0.2) is 59.2 Å². The lowest BCUT2D eigenvalue weighted by Gasteiger charge is -2.33. The maximum absolute atomic E-state index is 12.7. The van der Waals surface area contributed by atoms with Crippen molar-refractivity contribution in [3.8, 4) is 0 Å². The largest absolute Gasteiger partial charge is 0.353 e. The zero-order valence-electron chi connectivity index (χ0n) is 17.3. The maximum atomic E-state index is 12.7. The Hall–Kier alpha value is -2.37. The second kappa shape index (κ2) is 8.33. The van der Waals surface area contributed by atoms with E-state index in [1.807, 2.05) is 50.8 Å². The van der Waals surface area contributed by atoms with Crippen LogP contribution in [-0.2, 0) is 9.59 Å². The van der Waals surface area contributed by atoms with Crippen molar-refractivity contribution in [2.24, 2.45) is 5.92 Å². The molecule has 1 N–H and O–H groups in total. The summed E-state index contributed by atoms with van der Waals surface area (Å²) in [5.41, 5.74) is 3.03. The van der Waals surface area contributed by atoms with Gasteiger partial charge in [0, 0.05) is 43.7 Å². The molecular weight excluding hydrogens is 354 g/mol. The van der Waals surface area contributed by atoms with Crippen LogP contribution < -0.4 is 5.32 Å². The van der Waals surface area contributed by atoms with E-state index in [4.69, 9.17) is 0 Å². The number of hydrogen-bond donors (Lipinski definition) is 1. The summed E-state index contributed by atoms with van der Waals surface area (Å²) in [4.78, 5) is 41.0.